The number of aryl methyl sites for hydroxylation is 1. The van der Waals surface area contributed by atoms with Crippen LogP contribution in [0.4, 0.5) is 16.2 Å². The van der Waals surface area contributed by atoms with Gasteiger partial charge in [-0.05, 0) is 79.3 Å². The van der Waals surface area contributed by atoms with Crippen LogP contribution in [0.25, 0.3) is 0 Å². The fraction of sp³-hybridized carbons (Fsp3) is 0.333. The number of rotatable bonds is 17. The van der Waals surface area contributed by atoms with Crippen molar-refractivity contribution in [3.05, 3.63) is 162 Å². The largest absolute Gasteiger partial charge is 0.514 e. The van der Waals surface area contributed by atoms with Crippen molar-refractivity contribution in [2.75, 3.05) is 23.8 Å². The molecule has 3 unspecified atom stereocenters. The van der Waals surface area contributed by atoms with Crippen molar-refractivity contribution < 1.29 is 66.0 Å². The molecule has 87 heavy (non-hydrogen) atoms. The summed E-state index contributed by atoms with van der Waals surface area (Å²) in [7, 11) is -4.10. The average Bonchev–Trinajstić information content (AvgIpc) is 1.60. The number of carbonyl (C=O) groups excluding carboxylic acids is 5. The number of carboxylic acid groups (broad SMARTS) is 1. The molecule has 27 heteroatoms. The maximum atomic E-state index is 14.2. The molecule has 2 N–H and O–H groups in total. The van der Waals surface area contributed by atoms with Crippen molar-refractivity contribution in [2.45, 2.75) is 105 Å². The van der Waals surface area contributed by atoms with Gasteiger partial charge < -0.3 is 43.9 Å². The van der Waals surface area contributed by atoms with Crippen LogP contribution in [0.5, 0.6) is 23.0 Å². The number of amides is 3. The minimum Gasteiger partial charge on any atom is -0.489 e. The first kappa shape index (κ1) is 58.5. The summed E-state index contributed by atoms with van der Waals surface area (Å²) in [4.78, 5) is 85.6. The van der Waals surface area contributed by atoms with Crippen LogP contribution in [0.15, 0.2) is 103 Å². The number of carboxylic acids is 1. The number of hydrogen-bond donors (Lipinski definition) is 2. The third kappa shape index (κ3) is 9.44. The molecule has 6 aromatic rings. The second-order valence-electron chi connectivity index (χ2n) is 22.2. The summed E-state index contributed by atoms with van der Waals surface area (Å²) >= 11 is 28.4. The van der Waals surface area contributed by atoms with Gasteiger partial charge in [0.1, 0.15) is 69.5 Å². The quantitative estimate of drug-likeness (QED) is 0.0215. The molecule has 8 heterocycles. The Kier molecular flexibility index (Phi) is 15.0. The first-order chi connectivity index (χ1) is 41.7. The maximum absolute atomic E-state index is 14.2. The van der Waals surface area contributed by atoms with Crippen LogP contribution in [0.3, 0.4) is 0 Å². The summed E-state index contributed by atoms with van der Waals surface area (Å²) in [5.74, 6) is -3.24. The molecule has 13 rings (SSSR count). The Morgan fingerprint density at radius 1 is 0.908 bits per heavy atom. The van der Waals surface area contributed by atoms with Crippen molar-refractivity contribution in [2.24, 2.45) is 0 Å². The Balaban J connectivity index is 0.706. The Morgan fingerprint density at radius 2 is 1.68 bits per heavy atom. The number of para-hydroxylation sites is 1. The predicted octanol–water partition coefficient (Wildman–Crippen LogP) is 9.92. The van der Waals surface area contributed by atoms with Crippen LogP contribution in [0.2, 0.25) is 20.1 Å². The van der Waals surface area contributed by atoms with Gasteiger partial charge in [0.25, 0.3) is 5.91 Å². The summed E-state index contributed by atoms with van der Waals surface area (Å²) in [6.45, 7) is 3.41. The third-order valence-electron chi connectivity index (χ3n) is 17.1. The SMILES string of the molecule is CCCCCCc1cc2c(cc1OC(=O)OCc1ccc(OCC3=C(C(=O)O)N4C(=O)[C@@H](NC(=O)[C@@H]5N6C(=O)C[C@H]6S(=O)(=O)C5(C)Cn5ccnn5)C4SC3)cc1)Oc1cc(N3CCc4ccccc43)ccc1C21OC(=O)c2c(Cl)c(Cl)c(Cl)c(Cl)c21. The van der Waals surface area contributed by atoms with Crippen molar-refractivity contribution in [3.63, 3.8) is 0 Å². The van der Waals surface area contributed by atoms with Gasteiger partial charge in [0.2, 0.25) is 11.8 Å². The Hall–Kier alpha value is -7.54. The first-order valence-electron chi connectivity index (χ1n) is 27.9. The number of anilines is 2. The maximum Gasteiger partial charge on any atom is 0.514 e. The van der Waals surface area contributed by atoms with E-state index >= 15 is 0 Å². The summed E-state index contributed by atoms with van der Waals surface area (Å²) < 4.78 is 57.9. The van der Waals surface area contributed by atoms with Gasteiger partial charge in [-0.15, -0.1) is 16.9 Å². The molecule has 3 amide bonds. The van der Waals surface area contributed by atoms with E-state index in [0.717, 1.165) is 46.9 Å². The van der Waals surface area contributed by atoms with Crippen molar-refractivity contribution >= 4 is 115 Å². The van der Waals surface area contributed by atoms with Gasteiger partial charge in [0, 0.05) is 64.3 Å². The summed E-state index contributed by atoms with van der Waals surface area (Å²) in [5, 5.41) is 18.2. The minimum absolute atomic E-state index is 0.0352. The van der Waals surface area contributed by atoms with Gasteiger partial charge in [0.05, 0.1) is 44.8 Å². The second kappa shape index (κ2) is 22.2. The Labute approximate surface area is 521 Å². The number of fused-ring (bicyclic) bond motifs is 9. The number of hydrogen-bond acceptors (Lipinski definition) is 17. The number of thioether (sulfide) groups is 1. The molecular formula is C60H51Cl4N7O14S2. The molecule has 0 saturated carbocycles. The summed E-state index contributed by atoms with van der Waals surface area (Å²) in [6, 6.07) is 20.9. The average molecular weight is 1300 g/mol. The van der Waals surface area contributed by atoms with E-state index in [2.05, 4.69) is 33.5 Å². The van der Waals surface area contributed by atoms with Crippen molar-refractivity contribution in [1.82, 2.24) is 30.1 Å². The molecule has 5 aromatic carbocycles. The van der Waals surface area contributed by atoms with Gasteiger partial charge in [-0.2, -0.15) is 0 Å². The number of β-lactam (4-membered cyclic amide) rings is 2. The van der Waals surface area contributed by atoms with E-state index in [1.54, 1.807) is 36.4 Å². The highest BCUT2D eigenvalue weighted by Gasteiger charge is 2.70. The zero-order chi connectivity index (χ0) is 61.0. The number of aliphatic carboxylic acids is 1. The van der Waals surface area contributed by atoms with Gasteiger partial charge in [-0.3, -0.25) is 24.0 Å². The van der Waals surface area contributed by atoms with Crippen LogP contribution < -0.4 is 24.4 Å². The van der Waals surface area contributed by atoms with E-state index in [9.17, 15) is 42.3 Å². The Bertz CT molecular complexity index is 4100. The molecule has 0 bridgehead atoms. The highest BCUT2D eigenvalue weighted by molar-refractivity contribution is 8.00. The first-order valence-corrected chi connectivity index (χ1v) is 32.0. The van der Waals surface area contributed by atoms with Crippen molar-refractivity contribution in [1.29, 1.82) is 0 Å². The van der Waals surface area contributed by atoms with E-state index in [4.69, 9.17) is 70.1 Å². The number of benzene rings is 5. The van der Waals surface area contributed by atoms with E-state index in [0.29, 0.717) is 53.1 Å². The standard InChI is InChI=1S/C60H51Cl4N7O14S2/c1-3-4-5-6-10-32-22-37-41(83-40-23-34(69-20-18-31-9-7-8-11-38(31)69)14-17-36(40)60(37)45-44(57(77)85-60)46(61)48(63)49(64)47(45)62)24-39(32)84-58(78)82-26-30-12-15-35(16-13-30)81-27-33-28-86-55-50(54(74)71(55)51(33)56(75)76)66-53(73)52-59(2,29-68-21-19-65-67-68)87(79,80)43-25-42(72)70(43)52/h7-9,11-17,19,21-24,43,50,52,55H,3-6,10,18,20,25-29H2,1-2H3,(H,66,73)(H,75,76)/t43-,50-,52+,55?,59?,60?/m1/s1. The predicted molar refractivity (Wildman–Crippen MR) is 319 cm³/mol. The number of carbonyl (C=O) groups is 6. The van der Waals surface area contributed by atoms with Gasteiger partial charge in [-0.1, -0.05) is 108 Å². The molecule has 21 nitrogen and oxygen atoms in total. The lowest BCUT2D eigenvalue weighted by Crippen LogP contribution is -2.73. The smallest absolute Gasteiger partial charge is 0.489 e. The van der Waals surface area contributed by atoms with Gasteiger partial charge in [0.15, 0.2) is 15.4 Å². The molecule has 450 valence electrons. The van der Waals surface area contributed by atoms with Crippen LogP contribution in [-0.2, 0) is 70.1 Å². The number of nitrogens with zero attached hydrogens (tertiary/aromatic N) is 6. The number of nitrogens with one attached hydrogen (secondary N) is 1. The van der Waals surface area contributed by atoms with Crippen LogP contribution >= 0.6 is 58.2 Å². The lowest BCUT2D eigenvalue weighted by Gasteiger charge is -2.50. The molecule has 6 atom stereocenters. The lowest BCUT2D eigenvalue weighted by atomic mass is 9.76. The molecule has 7 aliphatic heterocycles. The molecule has 1 spiro atoms. The number of esters is 1. The number of sulfone groups is 1. The molecule has 0 aliphatic carbocycles. The molecule has 3 fully saturated rings. The van der Waals surface area contributed by atoms with E-state index in [1.807, 2.05) is 36.4 Å². The monoisotopic (exact) mass is 1300 g/mol. The van der Waals surface area contributed by atoms with Crippen LogP contribution in [-0.4, -0.2) is 121 Å². The third-order valence-corrected chi connectivity index (χ3v) is 23.0. The van der Waals surface area contributed by atoms with Crippen LogP contribution in [0.1, 0.15) is 89.7 Å². The zero-order valence-corrected chi connectivity index (χ0v) is 50.9. The number of unbranched alkanes of at least 4 members (excludes halogenated alkanes) is 3. The Morgan fingerprint density at radius 3 is 2.43 bits per heavy atom. The molecule has 3 saturated heterocycles. The lowest BCUT2D eigenvalue weighted by molar-refractivity contribution is -0.154. The minimum atomic E-state index is -4.10. The number of aromatic nitrogens is 3. The highest BCUT2D eigenvalue weighted by atomic mass is 35.5. The van der Waals surface area contributed by atoms with E-state index < -0.39 is 78.8 Å². The normalized spacial score (nSPS) is 23.3. The number of ether oxygens (including phenoxy) is 5. The summed E-state index contributed by atoms with van der Waals surface area (Å²) in [5.41, 5.74) is 3.35. The van der Waals surface area contributed by atoms with E-state index in [1.165, 1.54) is 41.3 Å². The molecule has 7 aliphatic rings. The topological polar surface area (TPSA) is 255 Å². The highest BCUT2D eigenvalue weighted by Crippen LogP contribution is 2.62. The fourth-order valence-electron chi connectivity index (χ4n) is 12.8. The van der Waals surface area contributed by atoms with E-state index in [-0.39, 0.29) is 85.9 Å². The molecular weight excluding hydrogens is 1250 g/mol. The van der Waals surface area contributed by atoms with Crippen LogP contribution in [0, 0.1) is 0 Å². The number of halogens is 4. The summed E-state index contributed by atoms with van der Waals surface area (Å²) in [6.07, 6.45) is 6.24. The molecule has 0 radical (unpaired) electrons. The van der Waals surface area contributed by atoms with Gasteiger partial charge in [-0.25, -0.2) is 22.8 Å². The van der Waals surface area contributed by atoms with Crippen molar-refractivity contribution in [3.8, 4) is 23.0 Å². The molecule has 1 aromatic heterocycles. The fourth-order valence-corrected chi connectivity index (χ4v) is 17.5. The van der Waals surface area contributed by atoms with Gasteiger partial charge >= 0.3 is 18.1 Å². The second-order valence-corrected chi connectivity index (χ2v) is 27.4. The zero-order valence-electron chi connectivity index (χ0n) is 46.2.